The number of nitrogens with one attached hydrogen (secondary N) is 2. The van der Waals surface area contributed by atoms with E-state index in [-0.39, 0.29) is 16.4 Å². The molecular weight excluding hydrogens is 220 g/mol. The van der Waals surface area contributed by atoms with E-state index < -0.39 is 0 Å². The predicted molar refractivity (Wildman–Crippen MR) is 65.4 cm³/mol. The Morgan fingerprint density at radius 1 is 1.31 bits per heavy atom. The summed E-state index contributed by atoms with van der Waals surface area (Å²) in [7, 11) is 0. The van der Waals surface area contributed by atoms with E-state index >= 15 is 0 Å². The van der Waals surface area contributed by atoms with Gasteiger partial charge in [0, 0.05) is 16.7 Å². The fourth-order valence-corrected chi connectivity index (χ4v) is 3.91. The monoisotopic (exact) mass is 236 g/mol. The van der Waals surface area contributed by atoms with Crippen molar-refractivity contribution in [1.82, 2.24) is 9.97 Å². The van der Waals surface area contributed by atoms with Crippen molar-refractivity contribution in [3.8, 4) is 0 Å². The fourth-order valence-electron chi connectivity index (χ4n) is 3.72. The standard InChI is InChI=1S/C12H16N2OS/c1-11(2)6-4-5-12(11,3)8-7(6)9(15)14-10(16)13-8/h6H,4-5H2,1-3H3,(H2,13,14,15,16)/t6-,12+/m0/s1. The highest BCUT2D eigenvalue weighted by molar-refractivity contribution is 7.71. The first-order valence-electron chi connectivity index (χ1n) is 5.75. The fraction of sp³-hybridized carbons (Fsp3) is 0.667. The smallest absolute Gasteiger partial charge is 0.255 e. The van der Waals surface area contributed by atoms with Gasteiger partial charge in [0.15, 0.2) is 4.77 Å². The maximum absolute atomic E-state index is 12.0. The summed E-state index contributed by atoms with van der Waals surface area (Å²) in [5.41, 5.74) is 2.28. The van der Waals surface area contributed by atoms with Gasteiger partial charge in [-0.25, -0.2) is 0 Å². The lowest BCUT2D eigenvalue weighted by Gasteiger charge is -2.34. The Labute approximate surface area is 99.3 Å². The molecule has 16 heavy (non-hydrogen) atoms. The lowest BCUT2D eigenvalue weighted by Crippen LogP contribution is -2.32. The first kappa shape index (κ1) is 10.3. The first-order chi connectivity index (χ1) is 7.38. The molecule has 86 valence electrons. The number of hydrogen-bond acceptors (Lipinski definition) is 2. The van der Waals surface area contributed by atoms with Gasteiger partial charge in [0.1, 0.15) is 0 Å². The van der Waals surface area contributed by atoms with Gasteiger partial charge < -0.3 is 4.98 Å². The molecule has 1 aromatic heterocycles. The Morgan fingerprint density at radius 2 is 2.00 bits per heavy atom. The molecule has 1 fully saturated rings. The quantitative estimate of drug-likeness (QED) is 0.680. The van der Waals surface area contributed by atoms with Gasteiger partial charge in [-0.15, -0.1) is 0 Å². The lowest BCUT2D eigenvalue weighted by atomic mass is 9.70. The molecule has 1 aromatic rings. The van der Waals surface area contributed by atoms with Crippen molar-refractivity contribution >= 4 is 12.2 Å². The van der Waals surface area contributed by atoms with E-state index in [1.54, 1.807) is 0 Å². The summed E-state index contributed by atoms with van der Waals surface area (Å²) in [4.78, 5) is 17.9. The molecule has 1 heterocycles. The molecule has 0 saturated heterocycles. The largest absolute Gasteiger partial charge is 0.335 e. The molecule has 3 rings (SSSR count). The summed E-state index contributed by atoms with van der Waals surface area (Å²) in [6.07, 6.45) is 2.26. The Bertz CT molecular complexity index is 583. The summed E-state index contributed by atoms with van der Waals surface area (Å²) in [6.45, 7) is 6.78. The molecule has 4 heteroatoms. The van der Waals surface area contributed by atoms with Crippen LogP contribution in [-0.2, 0) is 5.41 Å². The van der Waals surface area contributed by atoms with Crippen LogP contribution in [0.4, 0.5) is 0 Å². The summed E-state index contributed by atoms with van der Waals surface area (Å²) < 4.78 is 0.452. The van der Waals surface area contributed by atoms with Crippen LogP contribution in [0.15, 0.2) is 4.79 Å². The zero-order valence-electron chi connectivity index (χ0n) is 9.81. The summed E-state index contributed by atoms with van der Waals surface area (Å²) in [6, 6.07) is 0. The summed E-state index contributed by atoms with van der Waals surface area (Å²) >= 11 is 5.07. The van der Waals surface area contributed by atoms with Crippen LogP contribution in [0.25, 0.3) is 0 Å². The van der Waals surface area contributed by atoms with Crippen LogP contribution in [0.5, 0.6) is 0 Å². The van der Waals surface area contributed by atoms with Crippen molar-refractivity contribution in [3.63, 3.8) is 0 Å². The molecule has 0 aromatic carbocycles. The zero-order chi connectivity index (χ0) is 11.7. The molecule has 0 unspecified atom stereocenters. The minimum absolute atomic E-state index is 0.0141. The van der Waals surface area contributed by atoms with Crippen molar-refractivity contribution in [2.24, 2.45) is 5.41 Å². The number of rotatable bonds is 0. The minimum Gasteiger partial charge on any atom is -0.335 e. The second kappa shape index (κ2) is 2.67. The van der Waals surface area contributed by atoms with Crippen LogP contribution in [0.2, 0.25) is 0 Å². The molecule has 3 nitrogen and oxygen atoms in total. The predicted octanol–water partition coefficient (Wildman–Crippen LogP) is 2.61. The van der Waals surface area contributed by atoms with Gasteiger partial charge in [-0.05, 0) is 36.4 Å². The molecule has 2 bridgehead atoms. The van der Waals surface area contributed by atoms with Gasteiger partial charge in [0.2, 0.25) is 0 Å². The Kier molecular flexibility index (Phi) is 1.71. The van der Waals surface area contributed by atoms with Gasteiger partial charge in [-0.3, -0.25) is 9.78 Å². The first-order valence-corrected chi connectivity index (χ1v) is 6.16. The minimum atomic E-state index is 0.0141. The molecule has 2 aliphatic rings. The number of hydrogen-bond donors (Lipinski definition) is 2. The highest BCUT2D eigenvalue weighted by Crippen LogP contribution is 2.66. The molecule has 2 atom stereocenters. The van der Waals surface area contributed by atoms with Crippen LogP contribution in [0.3, 0.4) is 0 Å². The van der Waals surface area contributed by atoms with Gasteiger partial charge in [-0.2, -0.15) is 0 Å². The van der Waals surface area contributed by atoms with Gasteiger partial charge in [0.25, 0.3) is 5.56 Å². The third-order valence-electron chi connectivity index (χ3n) is 5.11. The van der Waals surface area contributed by atoms with Gasteiger partial charge in [-0.1, -0.05) is 20.8 Å². The molecule has 0 aliphatic heterocycles. The van der Waals surface area contributed by atoms with E-state index in [4.69, 9.17) is 12.2 Å². The average molecular weight is 236 g/mol. The van der Waals surface area contributed by atoms with Crippen molar-refractivity contribution in [2.75, 3.05) is 0 Å². The highest BCUT2D eigenvalue weighted by atomic mass is 32.1. The van der Waals surface area contributed by atoms with Crippen molar-refractivity contribution in [3.05, 3.63) is 26.4 Å². The summed E-state index contributed by atoms with van der Waals surface area (Å²) in [5, 5.41) is 0. The molecule has 2 N–H and O–H groups in total. The molecule has 0 amide bonds. The van der Waals surface area contributed by atoms with Crippen molar-refractivity contribution in [1.29, 1.82) is 0 Å². The van der Waals surface area contributed by atoms with E-state index in [2.05, 4.69) is 30.7 Å². The van der Waals surface area contributed by atoms with E-state index in [1.165, 1.54) is 0 Å². The van der Waals surface area contributed by atoms with Crippen LogP contribution < -0.4 is 5.56 Å². The second-order valence-electron chi connectivity index (χ2n) is 5.84. The molecule has 0 radical (unpaired) electrons. The van der Waals surface area contributed by atoms with E-state index in [1.807, 2.05) is 0 Å². The van der Waals surface area contributed by atoms with Crippen LogP contribution >= 0.6 is 12.2 Å². The van der Waals surface area contributed by atoms with Crippen molar-refractivity contribution < 1.29 is 0 Å². The Morgan fingerprint density at radius 3 is 2.69 bits per heavy atom. The third-order valence-corrected chi connectivity index (χ3v) is 5.31. The normalized spacial score (nSPS) is 34.1. The average Bonchev–Trinajstić information content (AvgIpc) is 2.48. The molecule has 2 aliphatic carbocycles. The van der Waals surface area contributed by atoms with Crippen molar-refractivity contribution in [2.45, 2.75) is 44.9 Å². The molecule has 0 spiro atoms. The molecule has 1 saturated carbocycles. The second-order valence-corrected chi connectivity index (χ2v) is 6.25. The number of aromatic nitrogens is 2. The zero-order valence-corrected chi connectivity index (χ0v) is 10.6. The van der Waals surface area contributed by atoms with Gasteiger partial charge in [0.05, 0.1) is 0 Å². The Hall–Kier alpha value is -0.900. The number of fused-ring (bicyclic) bond motifs is 5. The van der Waals surface area contributed by atoms with E-state index in [0.717, 1.165) is 24.1 Å². The maximum atomic E-state index is 12.0. The van der Waals surface area contributed by atoms with Crippen LogP contribution in [-0.4, -0.2) is 9.97 Å². The van der Waals surface area contributed by atoms with Crippen LogP contribution in [0.1, 0.15) is 50.8 Å². The van der Waals surface area contributed by atoms with Gasteiger partial charge >= 0.3 is 0 Å². The highest BCUT2D eigenvalue weighted by Gasteiger charge is 2.60. The number of aromatic amines is 2. The SMILES string of the molecule is CC1(C)[C@H]2CC[C@]1(C)c1[nH]c(=S)[nH]c(=O)c12. The summed E-state index contributed by atoms with van der Waals surface area (Å²) in [5.74, 6) is 0.378. The van der Waals surface area contributed by atoms with Crippen LogP contribution in [0, 0.1) is 10.2 Å². The number of H-pyrrole nitrogens is 2. The van der Waals surface area contributed by atoms with E-state index in [9.17, 15) is 4.79 Å². The molecular formula is C12H16N2OS. The third kappa shape index (κ3) is 0.902. The lowest BCUT2D eigenvalue weighted by molar-refractivity contribution is 0.227. The van der Waals surface area contributed by atoms with E-state index in [0.29, 0.717) is 10.7 Å². The Balaban J connectivity index is 2.43. The topological polar surface area (TPSA) is 48.6 Å². The maximum Gasteiger partial charge on any atom is 0.255 e.